The van der Waals surface area contributed by atoms with Crippen LogP contribution in [0.15, 0.2) is 48.7 Å². The molecular formula is C30H33N3O3. The van der Waals surface area contributed by atoms with Crippen LogP contribution in [-0.2, 0) is 18.5 Å². The third-order valence-corrected chi connectivity index (χ3v) is 9.17. The van der Waals surface area contributed by atoms with E-state index in [2.05, 4.69) is 41.3 Å². The second kappa shape index (κ2) is 8.56. The Kier molecular flexibility index (Phi) is 5.29. The number of nitrogens with zero attached hydrogens (tertiary/aromatic N) is 3. The lowest BCUT2D eigenvalue weighted by atomic mass is 9.74. The Labute approximate surface area is 211 Å². The number of fused-ring (bicyclic) bond motifs is 5. The number of hydrogen-bond acceptors (Lipinski definition) is 5. The van der Waals surface area contributed by atoms with Crippen molar-refractivity contribution in [3.05, 3.63) is 70.9 Å². The highest BCUT2D eigenvalue weighted by Gasteiger charge is 2.43. The Morgan fingerprint density at radius 3 is 2.78 bits per heavy atom. The molecule has 1 N–H and O–H groups in total. The molecule has 186 valence electrons. The molecule has 0 radical (unpaired) electrons. The highest BCUT2D eigenvalue weighted by molar-refractivity contribution is 6.04. The lowest BCUT2D eigenvalue weighted by Crippen LogP contribution is -2.45. The van der Waals surface area contributed by atoms with Gasteiger partial charge in [0.2, 0.25) is 0 Å². The van der Waals surface area contributed by atoms with Gasteiger partial charge in [0.25, 0.3) is 5.91 Å². The van der Waals surface area contributed by atoms with Crippen molar-refractivity contribution in [1.29, 1.82) is 0 Å². The predicted molar refractivity (Wildman–Crippen MR) is 138 cm³/mol. The molecule has 1 amide bonds. The molecule has 7 rings (SSSR count). The monoisotopic (exact) mass is 483 g/mol. The highest BCUT2D eigenvalue weighted by atomic mass is 16.5. The normalized spacial score (nSPS) is 25.2. The fourth-order valence-corrected chi connectivity index (χ4v) is 7.09. The van der Waals surface area contributed by atoms with Crippen LogP contribution in [0, 0.1) is 0 Å². The Morgan fingerprint density at radius 2 is 1.92 bits per heavy atom. The SMILES string of the molecule is O=C1c2cc(CN3CCC4(CC3)COc3ccccc34)c3cccnc3c2CN1C1CCCCC1O. The van der Waals surface area contributed by atoms with Crippen molar-refractivity contribution in [1.82, 2.24) is 14.8 Å². The maximum atomic E-state index is 13.6. The number of likely N-dealkylation sites (tertiary alicyclic amines) is 1. The summed E-state index contributed by atoms with van der Waals surface area (Å²) in [7, 11) is 0. The van der Waals surface area contributed by atoms with Gasteiger partial charge < -0.3 is 14.7 Å². The molecule has 2 unspecified atom stereocenters. The first kappa shape index (κ1) is 22.3. The van der Waals surface area contributed by atoms with Crippen molar-refractivity contribution >= 4 is 16.8 Å². The summed E-state index contributed by atoms with van der Waals surface area (Å²) in [6, 6.07) is 14.7. The Hall–Kier alpha value is -2.96. The molecule has 4 heterocycles. The summed E-state index contributed by atoms with van der Waals surface area (Å²) >= 11 is 0. The second-order valence-electron chi connectivity index (χ2n) is 11.2. The molecule has 2 aromatic carbocycles. The van der Waals surface area contributed by atoms with Crippen molar-refractivity contribution in [3.8, 4) is 5.75 Å². The van der Waals surface area contributed by atoms with Crippen LogP contribution in [0.3, 0.4) is 0 Å². The van der Waals surface area contributed by atoms with Gasteiger partial charge >= 0.3 is 0 Å². The minimum atomic E-state index is -0.430. The number of hydrogen-bond donors (Lipinski definition) is 1. The number of aromatic nitrogens is 1. The van der Waals surface area contributed by atoms with E-state index in [1.807, 2.05) is 17.2 Å². The largest absolute Gasteiger partial charge is 0.492 e. The van der Waals surface area contributed by atoms with Crippen LogP contribution < -0.4 is 4.74 Å². The van der Waals surface area contributed by atoms with Gasteiger partial charge in [0.1, 0.15) is 5.75 Å². The van der Waals surface area contributed by atoms with E-state index >= 15 is 0 Å². The van der Waals surface area contributed by atoms with Crippen LogP contribution in [0.5, 0.6) is 5.75 Å². The number of carbonyl (C=O) groups is 1. The summed E-state index contributed by atoms with van der Waals surface area (Å²) in [6.07, 6.45) is 7.32. The highest BCUT2D eigenvalue weighted by Crippen LogP contribution is 2.45. The molecule has 36 heavy (non-hydrogen) atoms. The maximum Gasteiger partial charge on any atom is 0.254 e. The number of benzene rings is 2. The zero-order valence-corrected chi connectivity index (χ0v) is 20.7. The van der Waals surface area contributed by atoms with Crippen LogP contribution in [0.2, 0.25) is 0 Å². The third-order valence-electron chi connectivity index (χ3n) is 9.17. The van der Waals surface area contributed by atoms with Crippen molar-refractivity contribution < 1.29 is 14.6 Å². The molecule has 0 bridgehead atoms. The topological polar surface area (TPSA) is 65.9 Å². The minimum absolute atomic E-state index is 0.0575. The number of pyridine rings is 1. The number of aliphatic hydroxyl groups is 1. The molecule has 1 spiro atoms. The average molecular weight is 484 g/mol. The van der Waals surface area contributed by atoms with Crippen LogP contribution in [0.4, 0.5) is 0 Å². The fourth-order valence-electron chi connectivity index (χ4n) is 7.09. The van der Waals surface area contributed by atoms with Gasteiger partial charge in [0.05, 0.1) is 24.3 Å². The summed E-state index contributed by atoms with van der Waals surface area (Å²) in [5.41, 5.74) is 5.42. The Bertz CT molecular complexity index is 1330. The van der Waals surface area contributed by atoms with Gasteiger partial charge in [0.15, 0.2) is 0 Å². The molecule has 1 saturated carbocycles. The molecule has 1 aliphatic carbocycles. The first-order chi connectivity index (χ1) is 17.6. The van der Waals surface area contributed by atoms with Gasteiger partial charge in [-0.25, -0.2) is 0 Å². The number of amides is 1. The predicted octanol–water partition coefficient (Wildman–Crippen LogP) is 4.42. The zero-order valence-electron chi connectivity index (χ0n) is 20.7. The number of para-hydroxylation sites is 1. The molecule has 6 nitrogen and oxygen atoms in total. The van der Waals surface area contributed by atoms with Gasteiger partial charge in [-0.15, -0.1) is 0 Å². The Morgan fingerprint density at radius 1 is 1.08 bits per heavy atom. The number of carbonyl (C=O) groups excluding carboxylic acids is 1. The van der Waals surface area contributed by atoms with Crippen molar-refractivity contribution in [2.75, 3.05) is 19.7 Å². The minimum Gasteiger partial charge on any atom is -0.492 e. The fraction of sp³-hybridized carbons (Fsp3) is 0.467. The van der Waals surface area contributed by atoms with E-state index in [-0.39, 0.29) is 17.4 Å². The first-order valence-electron chi connectivity index (χ1n) is 13.5. The molecule has 2 fully saturated rings. The van der Waals surface area contributed by atoms with E-state index in [0.717, 1.165) is 92.5 Å². The molecule has 3 aromatic rings. The molecule has 3 aliphatic heterocycles. The van der Waals surface area contributed by atoms with E-state index in [1.165, 1.54) is 11.1 Å². The first-order valence-corrected chi connectivity index (χ1v) is 13.5. The van der Waals surface area contributed by atoms with Crippen LogP contribution >= 0.6 is 0 Å². The molecule has 1 saturated heterocycles. The van der Waals surface area contributed by atoms with Gasteiger partial charge in [-0.3, -0.25) is 14.7 Å². The van der Waals surface area contributed by atoms with Crippen molar-refractivity contribution in [2.24, 2.45) is 0 Å². The lowest BCUT2D eigenvalue weighted by Gasteiger charge is -2.38. The van der Waals surface area contributed by atoms with E-state index in [0.29, 0.717) is 6.54 Å². The average Bonchev–Trinajstić information content (AvgIpc) is 3.44. The molecule has 6 heteroatoms. The molecular weight excluding hydrogens is 450 g/mol. The van der Waals surface area contributed by atoms with E-state index in [9.17, 15) is 9.90 Å². The van der Waals surface area contributed by atoms with E-state index < -0.39 is 6.10 Å². The maximum absolute atomic E-state index is 13.6. The Balaban J connectivity index is 1.15. The number of piperidine rings is 1. The smallest absolute Gasteiger partial charge is 0.254 e. The van der Waals surface area contributed by atoms with E-state index in [1.54, 1.807) is 0 Å². The summed E-state index contributed by atoms with van der Waals surface area (Å²) in [6.45, 7) is 4.15. The van der Waals surface area contributed by atoms with E-state index in [4.69, 9.17) is 9.72 Å². The number of ether oxygens (including phenoxy) is 1. The molecule has 2 atom stereocenters. The summed E-state index contributed by atoms with van der Waals surface area (Å²) in [5, 5.41) is 11.8. The van der Waals surface area contributed by atoms with Crippen LogP contribution in [0.25, 0.3) is 10.9 Å². The molecule has 4 aliphatic rings. The zero-order chi connectivity index (χ0) is 24.3. The summed E-state index contributed by atoms with van der Waals surface area (Å²) < 4.78 is 6.05. The second-order valence-corrected chi connectivity index (χ2v) is 11.2. The van der Waals surface area contributed by atoms with Crippen molar-refractivity contribution in [2.45, 2.75) is 69.2 Å². The summed E-state index contributed by atoms with van der Waals surface area (Å²) in [5.74, 6) is 1.11. The number of rotatable bonds is 3. The van der Waals surface area contributed by atoms with Crippen LogP contribution in [-0.4, -0.2) is 57.6 Å². The third kappa shape index (κ3) is 3.46. The summed E-state index contributed by atoms with van der Waals surface area (Å²) in [4.78, 5) is 22.7. The number of aliphatic hydroxyl groups excluding tert-OH is 1. The quantitative estimate of drug-likeness (QED) is 0.598. The van der Waals surface area contributed by atoms with Crippen molar-refractivity contribution in [3.63, 3.8) is 0 Å². The van der Waals surface area contributed by atoms with Gasteiger partial charge in [0, 0.05) is 46.8 Å². The van der Waals surface area contributed by atoms with Gasteiger partial charge in [-0.05, 0) is 62.5 Å². The van der Waals surface area contributed by atoms with Crippen LogP contribution in [0.1, 0.15) is 65.6 Å². The lowest BCUT2D eigenvalue weighted by molar-refractivity contribution is 0.0192. The van der Waals surface area contributed by atoms with Gasteiger partial charge in [-0.1, -0.05) is 37.1 Å². The standard InChI is InChI=1S/C30H33N3O3/c34-26-9-3-2-8-25(26)33-18-23-22(29(33)35)16-20(21-6-5-13-31-28(21)23)17-32-14-11-30(12-15-32)19-36-27-10-4-1-7-24(27)30/h1,4-7,10,13,16,25-26,34H,2-3,8-9,11-12,14-15,17-19H2. The van der Waals surface area contributed by atoms with Gasteiger partial charge in [-0.2, -0.15) is 0 Å². The molecule has 1 aromatic heterocycles.